The van der Waals surface area contributed by atoms with E-state index >= 15 is 0 Å². The van der Waals surface area contributed by atoms with E-state index in [9.17, 15) is 0 Å². The molecule has 10 heteroatoms. The number of hydrogen-bond acceptors (Lipinski definition) is 5. The van der Waals surface area contributed by atoms with Crippen molar-refractivity contribution in [3.05, 3.63) is 0 Å². The van der Waals surface area contributed by atoms with E-state index in [4.69, 9.17) is 32.6 Å². The van der Waals surface area contributed by atoms with Crippen LogP contribution >= 0.6 is 0 Å². The molecule has 0 saturated carbocycles. The second-order valence-electron chi connectivity index (χ2n) is 0.794. The van der Waals surface area contributed by atoms with Crippen molar-refractivity contribution in [1.29, 1.82) is 0 Å². The van der Waals surface area contributed by atoms with E-state index in [-0.39, 0.29) is 51.4 Å². The van der Waals surface area contributed by atoms with Crippen LogP contribution in [0.2, 0.25) is 0 Å². The third-order valence-electron chi connectivity index (χ3n) is 0. The van der Waals surface area contributed by atoms with Crippen LogP contribution in [0.1, 0.15) is 0 Å². The van der Waals surface area contributed by atoms with Crippen molar-refractivity contribution in [2.24, 2.45) is 0 Å². The van der Waals surface area contributed by atoms with Crippen molar-refractivity contribution < 1.29 is 32.6 Å². The molecule has 0 rings (SSSR count). The van der Waals surface area contributed by atoms with Crippen molar-refractivity contribution in [2.45, 2.75) is 0 Å². The summed E-state index contributed by atoms with van der Waals surface area (Å²) in [4.78, 5) is 0. The summed E-state index contributed by atoms with van der Waals surface area (Å²) in [6, 6.07) is 0. The maximum absolute atomic E-state index is 8.74. The summed E-state index contributed by atoms with van der Waals surface area (Å²) >= 11 is 0. The molecular formula is H6BKO7S. The van der Waals surface area contributed by atoms with E-state index in [0.29, 0.717) is 0 Å². The monoisotopic (exact) mass is 200 g/mol. The Morgan fingerprint density at radius 3 is 1.00 bits per heavy atom. The van der Waals surface area contributed by atoms with Crippen LogP contribution in [-0.4, -0.2) is 91.3 Å². The van der Waals surface area contributed by atoms with Crippen molar-refractivity contribution in [1.82, 2.24) is 0 Å². The van der Waals surface area contributed by atoms with E-state index in [2.05, 4.69) is 0 Å². The molecule has 0 aromatic heterocycles. The van der Waals surface area contributed by atoms with E-state index in [1.54, 1.807) is 0 Å². The van der Waals surface area contributed by atoms with Gasteiger partial charge in [0, 0.05) is 0 Å². The predicted molar refractivity (Wildman–Crippen MR) is 33.7 cm³/mol. The fourth-order valence-electron chi connectivity index (χ4n) is 0. The Hall–Kier alpha value is 1.45. The van der Waals surface area contributed by atoms with Gasteiger partial charge in [0.05, 0.1) is 0 Å². The molecule has 0 aliphatic heterocycles. The first-order valence-corrected chi connectivity index (χ1v) is 2.87. The zero-order valence-electron chi connectivity index (χ0n) is 4.04. The molecule has 7 nitrogen and oxygen atoms in total. The van der Waals surface area contributed by atoms with Gasteiger partial charge in [0.15, 0.2) is 0 Å². The Bertz CT molecular complexity index is 125. The van der Waals surface area contributed by atoms with Gasteiger partial charge in [-0.15, -0.1) is 0 Å². The van der Waals surface area contributed by atoms with Crippen molar-refractivity contribution in [3.63, 3.8) is 0 Å². The topological polar surface area (TPSA) is 135 Å². The molecule has 10 heavy (non-hydrogen) atoms. The minimum absolute atomic E-state index is 0. The minimum atomic E-state index is -4.67. The van der Waals surface area contributed by atoms with Gasteiger partial charge in [0.2, 0.25) is 0 Å². The summed E-state index contributed by atoms with van der Waals surface area (Å²) in [7, 11) is -6.83. The quantitative estimate of drug-likeness (QED) is 0.203. The van der Waals surface area contributed by atoms with E-state index in [0.717, 1.165) is 0 Å². The molecule has 0 amide bonds. The van der Waals surface area contributed by atoms with Crippen LogP contribution in [0.25, 0.3) is 0 Å². The Morgan fingerprint density at radius 2 is 1.00 bits per heavy atom. The van der Waals surface area contributed by atoms with Crippen molar-refractivity contribution in [3.8, 4) is 0 Å². The van der Waals surface area contributed by atoms with Crippen LogP contribution in [-0.2, 0) is 10.4 Å². The molecule has 5 N–H and O–H groups in total. The molecule has 0 aromatic carbocycles. The van der Waals surface area contributed by atoms with Gasteiger partial charge in [-0.3, -0.25) is 9.11 Å². The first kappa shape index (κ1) is 17.5. The van der Waals surface area contributed by atoms with E-state index < -0.39 is 17.7 Å². The normalized spacial score (nSPS) is 8.50. The van der Waals surface area contributed by atoms with Crippen LogP contribution in [0.15, 0.2) is 0 Å². The zero-order chi connectivity index (χ0) is 8.08. The summed E-state index contributed by atoms with van der Waals surface area (Å²) < 4.78 is 31.6. The zero-order valence-corrected chi connectivity index (χ0v) is 4.85. The van der Waals surface area contributed by atoms with E-state index in [1.807, 2.05) is 0 Å². The summed E-state index contributed by atoms with van der Waals surface area (Å²) in [5.41, 5.74) is 0. The average Bonchev–Trinajstić information content (AvgIpc) is 1.19. The SMILES string of the molecule is O=S(=O)(O)O.OB(O)O.[KH]. The van der Waals surface area contributed by atoms with Gasteiger partial charge in [0.1, 0.15) is 0 Å². The summed E-state index contributed by atoms with van der Waals surface area (Å²) in [6.07, 6.45) is 0. The Morgan fingerprint density at radius 1 is 1.00 bits per heavy atom. The van der Waals surface area contributed by atoms with Crippen LogP contribution < -0.4 is 0 Å². The van der Waals surface area contributed by atoms with Crippen molar-refractivity contribution >= 4 is 69.1 Å². The Kier molecular flexibility index (Phi) is 15.0. The third-order valence-corrected chi connectivity index (χ3v) is 0. The molecule has 0 saturated heterocycles. The van der Waals surface area contributed by atoms with Gasteiger partial charge in [-0.25, -0.2) is 0 Å². The molecule has 0 aromatic rings. The molecule has 0 aliphatic carbocycles. The van der Waals surface area contributed by atoms with Crippen molar-refractivity contribution in [2.75, 3.05) is 0 Å². The molecule has 0 bridgehead atoms. The average molecular weight is 200 g/mol. The molecule has 0 heterocycles. The summed E-state index contributed by atoms with van der Waals surface area (Å²) in [5.74, 6) is 0. The molecule has 0 aliphatic rings. The van der Waals surface area contributed by atoms with E-state index in [1.165, 1.54) is 0 Å². The maximum atomic E-state index is 8.74. The molecule has 0 fully saturated rings. The molecular weight excluding hydrogens is 194 g/mol. The Labute approximate surface area is 100 Å². The second kappa shape index (κ2) is 8.55. The number of rotatable bonds is 0. The molecule has 0 atom stereocenters. The fourth-order valence-corrected chi connectivity index (χ4v) is 0. The van der Waals surface area contributed by atoms with Gasteiger partial charge in [0.25, 0.3) is 0 Å². The number of hydrogen-bond donors (Lipinski definition) is 5. The predicted octanol–water partition coefficient (Wildman–Crippen LogP) is -3.35. The first-order valence-electron chi connectivity index (χ1n) is 1.47. The molecule has 0 spiro atoms. The van der Waals surface area contributed by atoms with Crippen LogP contribution in [0.4, 0.5) is 0 Å². The first-order chi connectivity index (χ1) is 3.73. The van der Waals surface area contributed by atoms with Gasteiger partial charge >= 0.3 is 69.1 Å². The summed E-state index contributed by atoms with van der Waals surface area (Å²) in [5, 5.41) is 21.5. The van der Waals surface area contributed by atoms with Gasteiger partial charge < -0.3 is 15.1 Å². The van der Waals surface area contributed by atoms with Crippen LogP contribution in [0.5, 0.6) is 0 Å². The van der Waals surface area contributed by atoms with Crippen LogP contribution in [0.3, 0.4) is 0 Å². The second-order valence-corrected chi connectivity index (χ2v) is 1.69. The third kappa shape index (κ3) is 320. The summed E-state index contributed by atoms with van der Waals surface area (Å²) in [6.45, 7) is 0. The standard InChI is InChI=1S/BH3O3.K.H2O4S.H/c2-1(3)4;;1-5(2,3)4;/h2-4H;;(H2,1,2,3,4);. The molecule has 58 valence electrons. The van der Waals surface area contributed by atoms with Crippen LogP contribution in [0, 0.1) is 0 Å². The van der Waals surface area contributed by atoms with Gasteiger partial charge in [-0.1, -0.05) is 0 Å². The van der Waals surface area contributed by atoms with Gasteiger partial charge in [-0.2, -0.15) is 8.42 Å². The fraction of sp³-hybridized carbons (Fsp3) is 0. The molecule has 0 unspecified atom stereocenters. The van der Waals surface area contributed by atoms with Gasteiger partial charge in [-0.05, 0) is 0 Å². The Balaban J connectivity index is -0.0000000910. The molecule has 0 radical (unpaired) electrons.